The number of phenols is 1. The number of nitrogens with zero attached hydrogens (tertiary/aromatic N) is 1. The molecule has 1 aliphatic rings. The van der Waals surface area contributed by atoms with Crippen molar-refractivity contribution in [2.45, 2.75) is 25.7 Å². The SMILES string of the molecule is Oc1ccc(-c2sc3ccccc3c2Cc2ccc(OCCN3CCCCC3)cc2)cc1. The molecule has 0 spiro atoms. The fourth-order valence-corrected chi connectivity index (χ4v) is 5.73. The van der Waals surface area contributed by atoms with E-state index in [9.17, 15) is 5.11 Å². The van der Waals surface area contributed by atoms with Gasteiger partial charge in [0.05, 0.1) is 0 Å². The number of fused-ring (bicyclic) bond motifs is 1. The van der Waals surface area contributed by atoms with Crippen molar-refractivity contribution < 1.29 is 9.84 Å². The van der Waals surface area contributed by atoms with Gasteiger partial charge in [-0.3, -0.25) is 4.90 Å². The number of rotatable bonds is 7. The summed E-state index contributed by atoms with van der Waals surface area (Å²) in [4.78, 5) is 3.78. The zero-order valence-corrected chi connectivity index (χ0v) is 19.1. The maximum atomic E-state index is 9.70. The van der Waals surface area contributed by atoms with Crippen molar-refractivity contribution >= 4 is 21.4 Å². The highest BCUT2D eigenvalue weighted by Gasteiger charge is 2.15. The van der Waals surface area contributed by atoms with Gasteiger partial charge in [0, 0.05) is 16.1 Å². The molecule has 0 atom stereocenters. The summed E-state index contributed by atoms with van der Waals surface area (Å²) in [5, 5.41) is 11.0. The molecule has 2 heterocycles. The van der Waals surface area contributed by atoms with Crippen LogP contribution in [0.15, 0.2) is 72.8 Å². The number of aromatic hydroxyl groups is 1. The van der Waals surface area contributed by atoms with E-state index >= 15 is 0 Å². The molecular weight excluding hydrogens is 414 g/mol. The summed E-state index contributed by atoms with van der Waals surface area (Å²) in [5.41, 5.74) is 3.77. The molecule has 0 radical (unpaired) electrons. The van der Waals surface area contributed by atoms with Gasteiger partial charge in [0.25, 0.3) is 0 Å². The van der Waals surface area contributed by atoms with Gasteiger partial charge in [-0.25, -0.2) is 0 Å². The zero-order chi connectivity index (χ0) is 21.8. The smallest absolute Gasteiger partial charge is 0.119 e. The fraction of sp³-hybridized carbons (Fsp3) is 0.286. The van der Waals surface area contributed by atoms with Crippen molar-refractivity contribution in [3.63, 3.8) is 0 Å². The van der Waals surface area contributed by atoms with Gasteiger partial charge in [0.1, 0.15) is 18.1 Å². The Labute approximate surface area is 193 Å². The Morgan fingerprint density at radius 3 is 2.38 bits per heavy atom. The lowest BCUT2D eigenvalue weighted by Crippen LogP contribution is -2.33. The van der Waals surface area contributed by atoms with Crippen LogP contribution in [0.2, 0.25) is 0 Å². The lowest BCUT2D eigenvalue weighted by Gasteiger charge is -2.26. The summed E-state index contributed by atoms with van der Waals surface area (Å²) in [5.74, 6) is 1.24. The van der Waals surface area contributed by atoms with Gasteiger partial charge >= 0.3 is 0 Å². The summed E-state index contributed by atoms with van der Waals surface area (Å²) in [7, 11) is 0. The van der Waals surface area contributed by atoms with E-state index < -0.39 is 0 Å². The normalized spacial score (nSPS) is 14.6. The van der Waals surface area contributed by atoms with E-state index in [2.05, 4.69) is 53.4 Å². The first kappa shape index (κ1) is 21.0. The molecule has 164 valence electrons. The van der Waals surface area contributed by atoms with E-state index in [1.807, 2.05) is 23.5 Å². The van der Waals surface area contributed by atoms with Gasteiger partial charge in [0.15, 0.2) is 0 Å². The number of hydrogen-bond donors (Lipinski definition) is 1. The monoisotopic (exact) mass is 443 g/mol. The highest BCUT2D eigenvalue weighted by atomic mass is 32.1. The Morgan fingerprint density at radius 1 is 0.844 bits per heavy atom. The van der Waals surface area contributed by atoms with E-state index in [4.69, 9.17) is 4.74 Å². The predicted octanol–water partition coefficient (Wildman–Crippen LogP) is 6.73. The van der Waals surface area contributed by atoms with Crippen molar-refractivity contribution in [2.75, 3.05) is 26.2 Å². The van der Waals surface area contributed by atoms with Crippen molar-refractivity contribution in [3.8, 4) is 21.9 Å². The van der Waals surface area contributed by atoms with Crippen LogP contribution in [0.1, 0.15) is 30.4 Å². The maximum Gasteiger partial charge on any atom is 0.119 e. The zero-order valence-electron chi connectivity index (χ0n) is 18.3. The molecule has 0 bridgehead atoms. The molecule has 32 heavy (non-hydrogen) atoms. The van der Waals surface area contributed by atoms with Crippen LogP contribution >= 0.6 is 11.3 Å². The van der Waals surface area contributed by atoms with E-state index in [1.54, 1.807) is 12.1 Å². The standard InChI is InChI=1S/C28H29NO2S/c30-23-12-10-22(11-13-23)28-26(25-6-2-3-7-27(25)32-28)20-21-8-14-24(15-9-21)31-19-18-29-16-4-1-5-17-29/h2-3,6-15,30H,1,4-5,16-20H2. The molecule has 1 aliphatic heterocycles. The van der Waals surface area contributed by atoms with E-state index in [0.29, 0.717) is 5.75 Å². The topological polar surface area (TPSA) is 32.7 Å². The number of phenolic OH excluding ortho intramolecular Hbond substituents is 1. The molecule has 3 aromatic carbocycles. The molecule has 1 saturated heterocycles. The lowest BCUT2D eigenvalue weighted by atomic mass is 9.99. The molecule has 1 N–H and O–H groups in total. The van der Waals surface area contributed by atoms with Gasteiger partial charge in [-0.2, -0.15) is 0 Å². The van der Waals surface area contributed by atoms with Crippen LogP contribution in [0, 0.1) is 0 Å². The van der Waals surface area contributed by atoms with Crippen LogP contribution in [0.5, 0.6) is 11.5 Å². The summed E-state index contributed by atoms with van der Waals surface area (Å²) in [6.45, 7) is 4.18. The Balaban J connectivity index is 1.31. The molecule has 0 unspecified atom stereocenters. The van der Waals surface area contributed by atoms with Crippen molar-refractivity contribution in [2.24, 2.45) is 0 Å². The fourth-order valence-electron chi connectivity index (χ4n) is 4.50. The summed E-state index contributed by atoms with van der Waals surface area (Å²) in [6, 6.07) is 24.7. The highest BCUT2D eigenvalue weighted by Crippen LogP contribution is 2.40. The van der Waals surface area contributed by atoms with Crippen molar-refractivity contribution in [1.82, 2.24) is 4.90 Å². The van der Waals surface area contributed by atoms with Gasteiger partial charge in [-0.05, 0) is 96.9 Å². The molecule has 0 amide bonds. The highest BCUT2D eigenvalue weighted by molar-refractivity contribution is 7.22. The number of ether oxygens (including phenoxy) is 1. The largest absolute Gasteiger partial charge is 0.508 e. The van der Waals surface area contributed by atoms with Crippen LogP contribution in [-0.2, 0) is 6.42 Å². The second-order valence-corrected chi connectivity index (χ2v) is 9.58. The Hall–Kier alpha value is -2.82. The van der Waals surface area contributed by atoms with Gasteiger partial charge in [0.2, 0.25) is 0 Å². The van der Waals surface area contributed by atoms with Crippen molar-refractivity contribution in [1.29, 1.82) is 0 Å². The second kappa shape index (κ2) is 9.76. The van der Waals surface area contributed by atoms with Gasteiger partial charge in [-0.15, -0.1) is 11.3 Å². The number of piperidine rings is 1. The molecule has 0 saturated carbocycles. The maximum absolute atomic E-state index is 9.70. The first-order valence-electron chi connectivity index (χ1n) is 11.5. The quantitative estimate of drug-likeness (QED) is 0.344. The molecule has 0 aliphatic carbocycles. The van der Waals surface area contributed by atoms with Crippen LogP contribution in [0.25, 0.3) is 20.5 Å². The molecule has 3 nitrogen and oxygen atoms in total. The molecule has 1 aromatic heterocycles. The molecular formula is C28H29NO2S. The van der Waals surface area contributed by atoms with Gasteiger partial charge in [-0.1, -0.05) is 36.8 Å². The Bertz CT molecular complexity index is 1160. The number of hydrogen-bond acceptors (Lipinski definition) is 4. The van der Waals surface area contributed by atoms with Crippen LogP contribution in [-0.4, -0.2) is 36.2 Å². The minimum absolute atomic E-state index is 0.298. The third-order valence-corrected chi connectivity index (χ3v) is 7.52. The summed E-state index contributed by atoms with van der Waals surface area (Å²) < 4.78 is 7.30. The van der Waals surface area contributed by atoms with E-state index in [1.165, 1.54) is 58.4 Å². The summed E-state index contributed by atoms with van der Waals surface area (Å²) in [6.07, 6.45) is 4.87. The van der Waals surface area contributed by atoms with E-state index in [-0.39, 0.29) is 0 Å². The minimum atomic E-state index is 0.298. The third-order valence-electron chi connectivity index (χ3n) is 6.26. The number of likely N-dealkylation sites (tertiary alicyclic amines) is 1. The first-order chi connectivity index (χ1) is 15.8. The average Bonchev–Trinajstić information content (AvgIpc) is 3.20. The Morgan fingerprint density at radius 2 is 1.59 bits per heavy atom. The van der Waals surface area contributed by atoms with Crippen LogP contribution in [0.4, 0.5) is 0 Å². The number of thiophene rings is 1. The minimum Gasteiger partial charge on any atom is -0.508 e. The van der Waals surface area contributed by atoms with Crippen LogP contribution in [0.3, 0.4) is 0 Å². The summed E-state index contributed by atoms with van der Waals surface area (Å²) >= 11 is 1.82. The first-order valence-corrected chi connectivity index (χ1v) is 12.3. The van der Waals surface area contributed by atoms with Crippen molar-refractivity contribution in [3.05, 3.63) is 83.9 Å². The molecule has 4 heteroatoms. The third kappa shape index (κ3) is 4.82. The number of benzene rings is 3. The van der Waals surface area contributed by atoms with Crippen LogP contribution < -0.4 is 4.74 Å². The lowest BCUT2D eigenvalue weighted by molar-refractivity contribution is 0.183. The van der Waals surface area contributed by atoms with Gasteiger partial charge < -0.3 is 9.84 Å². The Kier molecular flexibility index (Phi) is 6.42. The molecule has 4 aromatic rings. The second-order valence-electron chi connectivity index (χ2n) is 8.52. The molecule has 5 rings (SSSR count). The van der Waals surface area contributed by atoms with E-state index in [0.717, 1.165) is 30.9 Å². The predicted molar refractivity (Wildman–Crippen MR) is 134 cm³/mol. The molecule has 1 fully saturated rings. The average molecular weight is 444 g/mol.